The number of hydrogen-bond acceptors (Lipinski definition) is 3. The third-order valence-electron chi connectivity index (χ3n) is 2.84. The maximum absolute atomic E-state index is 12.0. The van der Waals surface area contributed by atoms with Crippen LogP contribution >= 0.6 is 11.6 Å². The van der Waals surface area contributed by atoms with Gasteiger partial charge in [-0.1, -0.05) is 38.8 Å². The van der Waals surface area contributed by atoms with Crippen molar-refractivity contribution in [1.29, 1.82) is 0 Å². The zero-order valence-corrected chi connectivity index (χ0v) is 13.2. The summed E-state index contributed by atoms with van der Waals surface area (Å²) in [4.78, 5) is 16.2. The number of rotatable bonds is 8. The highest BCUT2D eigenvalue weighted by Crippen LogP contribution is 2.17. The van der Waals surface area contributed by atoms with E-state index in [9.17, 15) is 4.79 Å². The van der Waals surface area contributed by atoms with E-state index < -0.39 is 0 Å². The second-order valence-corrected chi connectivity index (χ2v) is 5.37. The Morgan fingerprint density at radius 3 is 2.80 bits per heavy atom. The average molecular weight is 299 g/mol. The number of aromatic nitrogens is 1. The van der Waals surface area contributed by atoms with Gasteiger partial charge in [-0.15, -0.1) is 0 Å². The number of halogens is 1. The minimum Gasteiger partial charge on any atom is -0.380 e. The Kier molecular flexibility index (Phi) is 7.55. The van der Waals surface area contributed by atoms with Crippen LogP contribution in [0.5, 0.6) is 0 Å². The molecule has 20 heavy (non-hydrogen) atoms. The molecule has 1 amide bonds. The second kappa shape index (κ2) is 8.93. The molecule has 1 rings (SSSR count). The molecule has 5 heteroatoms. The largest absolute Gasteiger partial charge is 0.380 e. The van der Waals surface area contributed by atoms with Gasteiger partial charge in [0.25, 0.3) is 5.91 Å². The monoisotopic (exact) mass is 298 g/mol. The van der Waals surface area contributed by atoms with E-state index in [0.717, 1.165) is 25.1 Å². The fourth-order valence-corrected chi connectivity index (χ4v) is 1.85. The first kappa shape index (κ1) is 16.9. The predicted molar refractivity (Wildman–Crippen MR) is 81.4 cm³/mol. The molecule has 0 atom stereocenters. The van der Waals surface area contributed by atoms with Crippen LogP contribution in [0.2, 0.25) is 5.15 Å². The van der Waals surface area contributed by atoms with E-state index in [2.05, 4.69) is 17.2 Å². The van der Waals surface area contributed by atoms with Gasteiger partial charge in [0, 0.05) is 24.4 Å². The minimum atomic E-state index is -0.143. The van der Waals surface area contributed by atoms with Crippen LogP contribution < -0.4 is 5.32 Å². The van der Waals surface area contributed by atoms with Gasteiger partial charge in [-0.05, 0) is 24.5 Å². The zero-order chi connectivity index (χ0) is 15.0. The first-order valence-corrected chi connectivity index (χ1v) is 7.45. The van der Waals surface area contributed by atoms with Crippen molar-refractivity contribution < 1.29 is 9.53 Å². The third kappa shape index (κ3) is 5.88. The van der Waals surface area contributed by atoms with Crippen LogP contribution in [-0.4, -0.2) is 30.6 Å². The molecule has 0 aliphatic rings. The highest BCUT2D eigenvalue weighted by molar-refractivity contribution is 6.29. The van der Waals surface area contributed by atoms with Crippen molar-refractivity contribution in [2.75, 3.05) is 19.8 Å². The summed E-state index contributed by atoms with van der Waals surface area (Å²) in [5.41, 5.74) is 1.36. The van der Waals surface area contributed by atoms with Gasteiger partial charge < -0.3 is 10.1 Å². The van der Waals surface area contributed by atoms with E-state index in [0.29, 0.717) is 23.9 Å². The Balaban J connectivity index is 2.47. The Labute approximate surface area is 125 Å². The molecule has 0 saturated heterocycles. The molecule has 0 unspecified atom stereocenters. The van der Waals surface area contributed by atoms with Crippen molar-refractivity contribution >= 4 is 17.5 Å². The maximum Gasteiger partial charge on any atom is 0.251 e. The normalized spacial score (nSPS) is 10.8. The van der Waals surface area contributed by atoms with Crippen LogP contribution in [0.15, 0.2) is 12.1 Å². The van der Waals surface area contributed by atoms with Gasteiger partial charge in [-0.25, -0.2) is 4.98 Å². The van der Waals surface area contributed by atoms with E-state index in [-0.39, 0.29) is 11.8 Å². The zero-order valence-electron chi connectivity index (χ0n) is 12.4. The summed E-state index contributed by atoms with van der Waals surface area (Å²) in [7, 11) is 0. The van der Waals surface area contributed by atoms with Crippen molar-refractivity contribution in [2.45, 2.75) is 39.5 Å². The molecule has 0 saturated carbocycles. The molecule has 1 N–H and O–H groups in total. The summed E-state index contributed by atoms with van der Waals surface area (Å²) in [5, 5.41) is 3.17. The molecule has 0 fully saturated rings. The number of nitrogens with one attached hydrogen (secondary N) is 1. The van der Waals surface area contributed by atoms with Crippen molar-refractivity contribution in [2.24, 2.45) is 0 Å². The number of carbonyl (C=O) groups is 1. The lowest BCUT2D eigenvalue weighted by molar-refractivity contribution is 0.0912. The van der Waals surface area contributed by atoms with Gasteiger partial charge >= 0.3 is 0 Å². The highest BCUT2D eigenvalue weighted by Gasteiger charge is 2.10. The third-order valence-corrected chi connectivity index (χ3v) is 3.04. The number of amides is 1. The molecular weight excluding hydrogens is 276 g/mol. The lowest BCUT2D eigenvalue weighted by Crippen LogP contribution is -2.27. The van der Waals surface area contributed by atoms with Crippen molar-refractivity contribution in [3.63, 3.8) is 0 Å². The Hall–Kier alpha value is -1.13. The standard InChI is InChI=1S/C15H23ClN2O2/c1-4-5-7-20-8-6-17-15(19)12-9-13(11(2)3)18-14(16)10-12/h9-11H,4-8H2,1-3H3,(H,17,19). The molecule has 0 spiro atoms. The minimum absolute atomic E-state index is 0.143. The van der Waals surface area contributed by atoms with Crippen LogP contribution in [0.1, 0.15) is 55.6 Å². The summed E-state index contributed by atoms with van der Waals surface area (Å²) >= 11 is 5.94. The van der Waals surface area contributed by atoms with Gasteiger partial charge in [-0.2, -0.15) is 0 Å². The molecule has 112 valence electrons. The molecular formula is C15H23ClN2O2. The van der Waals surface area contributed by atoms with Gasteiger partial charge in [0.1, 0.15) is 5.15 Å². The summed E-state index contributed by atoms with van der Waals surface area (Å²) in [5.74, 6) is 0.0907. The van der Waals surface area contributed by atoms with Crippen LogP contribution in [0.4, 0.5) is 0 Å². The fraction of sp³-hybridized carbons (Fsp3) is 0.600. The van der Waals surface area contributed by atoms with Crippen molar-refractivity contribution in [1.82, 2.24) is 10.3 Å². The average Bonchev–Trinajstić information content (AvgIpc) is 2.41. The topological polar surface area (TPSA) is 51.2 Å². The van der Waals surface area contributed by atoms with Gasteiger partial charge in [0.15, 0.2) is 0 Å². The number of ether oxygens (including phenoxy) is 1. The number of hydrogen-bond donors (Lipinski definition) is 1. The number of pyridine rings is 1. The van der Waals surface area contributed by atoms with E-state index in [4.69, 9.17) is 16.3 Å². The van der Waals surface area contributed by atoms with E-state index >= 15 is 0 Å². The second-order valence-electron chi connectivity index (χ2n) is 4.98. The Morgan fingerprint density at radius 1 is 1.40 bits per heavy atom. The molecule has 1 aromatic rings. The van der Waals surface area contributed by atoms with Crippen molar-refractivity contribution in [3.05, 3.63) is 28.5 Å². The molecule has 0 radical (unpaired) electrons. The summed E-state index contributed by atoms with van der Waals surface area (Å²) in [6, 6.07) is 3.37. The lowest BCUT2D eigenvalue weighted by atomic mass is 10.1. The predicted octanol–water partition coefficient (Wildman–Crippen LogP) is 3.40. The first-order chi connectivity index (χ1) is 9.54. The first-order valence-electron chi connectivity index (χ1n) is 7.08. The van der Waals surface area contributed by atoms with E-state index in [1.165, 1.54) is 0 Å². The molecule has 0 bridgehead atoms. The summed E-state index contributed by atoms with van der Waals surface area (Å²) in [6.07, 6.45) is 2.16. The number of unbranched alkanes of at least 4 members (excludes halogenated alkanes) is 1. The molecule has 0 aromatic carbocycles. The number of nitrogens with zero attached hydrogens (tertiary/aromatic N) is 1. The molecule has 1 aromatic heterocycles. The molecule has 0 aliphatic carbocycles. The fourth-order valence-electron chi connectivity index (χ4n) is 1.63. The Morgan fingerprint density at radius 2 is 2.15 bits per heavy atom. The Bertz CT molecular complexity index is 436. The van der Waals surface area contributed by atoms with Crippen LogP contribution in [0.25, 0.3) is 0 Å². The maximum atomic E-state index is 12.0. The highest BCUT2D eigenvalue weighted by atomic mass is 35.5. The van der Waals surface area contributed by atoms with E-state index in [1.807, 2.05) is 13.8 Å². The van der Waals surface area contributed by atoms with Crippen molar-refractivity contribution in [3.8, 4) is 0 Å². The molecule has 4 nitrogen and oxygen atoms in total. The van der Waals surface area contributed by atoms with Crippen LogP contribution in [0, 0.1) is 0 Å². The number of carbonyl (C=O) groups excluding carboxylic acids is 1. The van der Waals surface area contributed by atoms with Gasteiger partial charge in [0.05, 0.1) is 6.61 Å². The summed E-state index contributed by atoms with van der Waals surface area (Å²) in [6.45, 7) is 7.92. The van der Waals surface area contributed by atoms with Crippen LogP contribution in [-0.2, 0) is 4.74 Å². The van der Waals surface area contributed by atoms with E-state index in [1.54, 1.807) is 12.1 Å². The quantitative estimate of drug-likeness (QED) is 0.591. The molecule has 1 heterocycles. The SMILES string of the molecule is CCCCOCCNC(=O)c1cc(Cl)nc(C(C)C)c1. The van der Waals surface area contributed by atoms with Gasteiger partial charge in [-0.3, -0.25) is 4.79 Å². The van der Waals surface area contributed by atoms with Gasteiger partial charge in [0.2, 0.25) is 0 Å². The lowest BCUT2D eigenvalue weighted by Gasteiger charge is -2.09. The smallest absolute Gasteiger partial charge is 0.251 e. The molecule has 0 aliphatic heterocycles. The summed E-state index contributed by atoms with van der Waals surface area (Å²) < 4.78 is 5.39. The van der Waals surface area contributed by atoms with Crippen LogP contribution in [0.3, 0.4) is 0 Å².